The summed E-state index contributed by atoms with van der Waals surface area (Å²) in [6.45, 7) is 1.78. The third-order valence-electron chi connectivity index (χ3n) is 2.61. The molecule has 92 valence electrons. The van der Waals surface area contributed by atoms with Gasteiger partial charge in [0.05, 0.1) is 17.9 Å². The number of nitriles is 1. The van der Waals surface area contributed by atoms with Crippen LogP contribution in [0, 0.1) is 17.2 Å². The van der Waals surface area contributed by atoms with Crippen molar-refractivity contribution in [1.29, 1.82) is 5.26 Å². The number of rotatable bonds is 4. The number of furan rings is 1. The number of carbonyl (C=O) groups excluding carboxylic acids is 1. The Kier molecular flexibility index (Phi) is 3.20. The maximum atomic E-state index is 10.9. The van der Waals surface area contributed by atoms with Gasteiger partial charge in [-0.15, -0.1) is 0 Å². The van der Waals surface area contributed by atoms with E-state index in [4.69, 9.17) is 20.1 Å². The Labute approximate surface area is 104 Å². The predicted octanol–water partition coefficient (Wildman–Crippen LogP) is 1.80. The van der Waals surface area contributed by atoms with Gasteiger partial charge in [-0.1, -0.05) is 19.1 Å². The highest BCUT2D eigenvalue weighted by atomic mass is 16.5. The molecule has 0 aliphatic rings. The molecule has 0 saturated carbocycles. The van der Waals surface area contributed by atoms with E-state index in [0.29, 0.717) is 16.7 Å². The lowest BCUT2D eigenvalue weighted by atomic mass is 10.2. The van der Waals surface area contributed by atoms with Crippen molar-refractivity contribution in [2.24, 2.45) is 11.7 Å². The number of benzene rings is 1. The fraction of sp³-hybridized carbons (Fsp3) is 0.231. The Bertz CT molecular complexity index is 625. The maximum absolute atomic E-state index is 10.9. The van der Waals surface area contributed by atoms with Crippen LogP contribution in [0.2, 0.25) is 0 Å². The molecule has 1 aromatic carbocycles. The second-order valence-corrected chi connectivity index (χ2v) is 3.98. The zero-order chi connectivity index (χ0) is 13.1. The monoisotopic (exact) mass is 244 g/mol. The molecule has 0 aliphatic heterocycles. The summed E-state index contributed by atoms with van der Waals surface area (Å²) in [5.41, 5.74) is 5.73. The molecular formula is C13H12N2O3. The van der Waals surface area contributed by atoms with Crippen LogP contribution in [-0.4, -0.2) is 12.5 Å². The summed E-state index contributed by atoms with van der Waals surface area (Å²) in [5.74, 6) is -0.402. The summed E-state index contributed by atoms with van der Waals surface area (Å²) in [6, 6.07) is 9.11. The van der Waals surface area contributed by atoms with Crippen molar-refractivity contribution in [3.63, 3.8) is 0 Å². The van der Waals surface area contributed by atoms with Crippen molar-refractivity contribution < 1.29 is 13.9 Å². The lowest BCUT2D eigenvalue weighted by Gasteiger charge is -2.08. The first kappa shape index (κ1) is 12.0. The number of hydrogen-bond donors (Lipinski definition) is 1. The molecule has 0 fully saturated rings. The van der Waals surface area contributed by atoms with Crippen molar-refractivity contribution in [1.82, 2.24) is 0 Å². The standard InChI is InChI=1S/C13H12N2O3/c1-8(13(15)16)7-17-12-9-4-2-3-5-10(9)18-11(12)6-14/h2-5,8H,7H2,1H3,(H2,15,16). The van der Waals surface area contributed by atoms with E-state index in [9.17, 15) is 4.79 Å². The van der Waals surface area contributed by atoms with Crippen LogP contribution in [0.15, 0.2) is 28.7 Å². The van der Waals surface area contributed by atoms with Gasteiger partial charge in [-0.25, -0.2) is 0 Å². The summed E-state index contributed by atoms with van der Waals surface area (Å²) >= 11 is 0. The number of fused-ring (bicyclic) bond motifs is 1. The van der Waals surface area contributed by atoms with E-state index < -0.39 is 11.8 Å². The largest absolute Gasteiger partial charge is 0.487 e. The molecular weight excluding hydrogens is 232 g/mol. The number of nitrogens with zero attached hydrogens (tertiary/aromatic N) is 1. The Morgan fingerprint density at radius 3 is 2.94 bits per heavy atom. The first-order valence-electron chi connectivity index (χ1n) is 5.47. The lowest BCUT2D eigenvalue weighted by molar-refractivity contribution is -0.122. The summed E-state index contributed by atoms with van der Waals surface area (Å²) in [5, 5.41) is 9.69. The van der Waals surface area contributed by atoms with Crippen molar-refractivity contribution in [3.8, 4) is 11.8 Å². The average molecular weight is 244 g/mol. The first-order valence-corrected chi connectivity index (χ1v) is 5.47. The molecule has 5 nitrogen and oxygen atoms in total. The molecule has 0 bridgehead atoms. The summed E-state index contributed by atoms with van der Waals surface area (Å²) in [7, 11) is 0. The van der Waals surface area contributed by atoms with Gasteiger partial charge in [0.15, 0.2) is 5.75 Å². The maximum Gasteiger partial charge on any atom is 0.246 e. The second kappa shape index (κ2) is 4.80. The van der Waals surface area contributed by atoms with Gasteiger partial charge >= 0.3 is 0 Å². The molecule has 1 atom stereocenters. The number of amides is 1. The van der Waals surface area contributed by atoms with Gasteiger partial charge in [-0.3, -0.25) is 4.79 Å². The molecule has 18 heavy (non-hydrogen) atoms. The molecule has 2 N–H and O–H groups in total. The SMILES string of the molecule is CC(COc1c(C#N)oc2ccccc12)C(N)=O. The minimum Gasteiger partial charge on any atom is -0.487 e. The molecule has 0 radical (unpaired) electrons. The van der Waals surface area contributed by atoms with Crippen LogP contribution in [0.3, 0.4) is 0 Å². The van der Waals surface area contributed by atoms with Crippen LogP contribution in [0.1, 0.15) is 12.7 Å². The summed E-state index contributed by atoms with van der Waals surface area (Å²) < 4.78 is 10.8. The summed E-state index contributed by atoms with van der Waals surface area (Å²) in [4.78, 5) is 10.9. The summed E-state index contributed by atoms with van der Waals surface area (Å²) in [6.07, 6.45) is 0. The van der Waals surface area contributed by atoms with E-state index in [1.807, 2.05) is 18.2 Å². The second-order valence-electron chi connectivity index (χ2n) is 3.98. The molecule has 0 aliphatic carbocycles. The number of para-hydroxylation sites is 1. The number of hydrogen-bond acceptors (Lipinski definition) is 4. The molecule has 1 heterocycles. The van der Waals surface area contributed by atoms with Gasteiger partial charge < -0.3 is 14.9 Å². The lowest BCUT2D eigenvalue weighted by Crippen LogP contribution is -2.25. The quantitative estimate of drug-likeness (QED) is 0.888. The number of carbonyl (C=O) groups is 1. The van der Waals surface area contributed by atoms with Crippen LogP contribution in [0.4, 0.5) is 0 Å². The minimum atomic E-state index is -0.443. The zero-order valence-corrected chi connectivity index (χ0v) is 9.84. The molecule has 5 heteroatoms. The highest BCUT2D eigenvalue weighted by Crippen LogP contribution is 2.32. The van der Waals surface area contributed by atoms with Crippen LogP contribution in [0.25, 0.3) is 11.0 Å². The van der Waals surface area contributed by atoms with Crippen LogP contribution < -0.4 is 10.5 Å². The molecule has 0 saturated heterocycles. The van der Waals surface area contributed by atoms with Crippen LogP contribution >= 0.6 is 0 Å². The van der Waals surface area contributed by atoms with Crippen molar-refractivity contribution in [2.75, 3.05) is 6.61 Å². The van der Waals surface area contributed by atoms with E-state index in [-0.39, 0.29) is 12.4 Å². The van der Waals surface area contributed by atoms with E-state index >= 15 is 0 Å². The predicted molar refractivity (Wildman–Crippen MR) is 64.8 cm³/mol. The van der Waals surface area contributed by atoms with Gasteiger partial charge in [0.25, 0.3) is 0 Å². The smallest absolute Gasteiger partial charge is 0.246 e. The highest BCUT2D eigenvalue weighted by molar-refractivity contribution is 5.86. The van der Waals surface area contributed by atoms with Crippen LogP contribution in [-0.2, 0) is 4.79 Å². The molecule has 1 aromatic heterocycles. The Morgan fingerprint density at radius 2 is 2.28 bits per heavy atom. The topological polar surface area (TPSA) is 89.2 Å². The molecule has 2 aromatic rings. The third kappa shape index (κ3) is 2.13. The van der Waals surface area contributed by atoms with Crippen molar-refractivity contribution >= 4 is 16.9 Å². The molecule has 1 amide bonds. The van der Waals surface area contributed by atoms with Crippen LogP contribution in [0.5, 0.6) is 5.75 Å². The Morgan fingerprint density at radius 1 is 1.56 bits per heavy atom. The molecule has 1 unspecified atom stereocenters. The Balaban J connectivity index is 2.32. The van der Waals surface area contributed by atoms with E-state index in [2.05, 4.69) is 0 Å². The number of ether oxygens (including phenoxy) is 1. The van der Waals surface area contributed by atoms with Gasteiger partial charge in [0.1, 0.15) is 11.7 Å². The van der Waals surface area contributed by atoms with E-state index in [1.165, 1.54) is 0 Å². The minimum absolute atomic E-state index is 0.105. The number of nitrogens with two attached hydrogens (primary N) is 1. The molecule has 0 spiro atoms. The third-order valence-corrected chi connectivity index (χ3v) is 2.61. The van der Waals surface area contributed by atoms with E-state index in [1.54, 1.807) is 19.1 Å². The number of primary amides is 1. The normalized spacial score (nSPS) is 12.0. The highest BCUT2D eigenvalue weighted by Gasteiger charge is 2.17. The van der Waals surface area contributed by atoms with Crippen molar-refractivity contribution in [2.45, 2.75) is 6.92 Å². The zero-order valence-electron chi connectivity index (χ0n) is 9.84. The molecule has 2 rings (SSSR count). The average Bonchev–Trinajstić information content (AvgIpc) is 2.73. The van der Waals surface area contributed by atoms with Gasteiger partial charge in [-0.2, -0.15) is 5.26 Å². The van der Waals surface area contributed by atoms with Gasteiger partial charge in [-0.05, 0) is 12.1 Å². The van der Waals surface area contributed by atoms with Gasteiger partial charge in [0, 0.05) is 0 Å². The Hall–Kier alpha value is -2.48. The fourth-order valence-corrected chi connectivity index (χ4v) is 1.53. The fourth-order valence-electron chi connectivity index (χ4n) is 1.53. The van der Waals surface area contributed by atoms with E-state index in [0.717, 1.165) is 0 Å². The first-order chi connectivity index (χ1) is 8.63. The van der Waals surface area contributed by atoms with Crippen molar-refractivity contribution in [3.05, 3.63) is 30.0 Å². The van der Waals surface area contributed by atoms with Gasteiger partial charge in [0.2, 0.25) is 11.7 Å².